The number of esters is 1. The van der Waals surface area contributed by atoms with E-state index < -0.39 is 18.5 Å². The minimum atomic E-state index is -0.615. The Labute approximate surface area is 119 Å². The predicted octanol–water partition coefficient (Wildman–Crippen LogP) is 2.43. The van der Waals surface area contributed by atoms with Crippen LogP contribution in [0.3, 0.4) is 0 Å². The molecular formula is C13H11ClN2O4. The number of carbonyl (C=O) groups is 2. The van der Waals surface area contributed by atoms with E-state index in [1.807, 2.05) is 0 Å². The zero-order valence-corrected chi connectivity index (χ0v) is 11.3. The molecule has 0 unspecified atom stereocenters. The zero-order valence-electron chi connectivity index (χ0n) is 10.6. The number of ether oxygens (including phenoxy) is 1. The summed E-state index contributed by atoms with van der Waals surface area (Å²) in [5, 5.41) is 2.94. The number of nitrogens with one attached hydrogen (secondary N) is 1. The molecule has 2 aromatic heterocycles. The average Bonchev–Trinajstić information content (AvgIpc) is 2.85. The van der Waals surface area contributed by atoms with Crippen LogP contribution in [0.5, 0.6) is 0 Å². The first-order valence-corrected chi connectivity index (χ1v) is 6.06. The first kappa shape index (κ1) is 14.1. The van der Waals surface area contributed by atoms with Gasteiger partial charge in [0, 0.05) is 6.20 Å². The fourth-order valence-electron chi connectivity index (χ4n) is 1.43. The molecular weight excluding hydrogens is 284 g/mol. The van der Waals surface area contributed by atoms with Gasteiger partial charge in [-0.2, -0.15) is 0 Å². The topological polar surface area (TPSA) is 81.4 Å². The SMILES string of the molecule is Cc1occc1C(=O)OCC(=O)Nc1ccc(Cl)cn1. The van der Waals surface area contributed by atoms with Gasteiger partial charge in [-0.3, -0.25) is 4.79 Å². The van der Waals surface area contributed by atoms with E-state index in [2.05, 4.69) is 10.3 Å². The van der Waals surface area contributed by atoms with E-state index in [0.717, 1.165) is 0 Å². The van der Waals surface area contributed by atoms with Crippen LogP contribution in [0.15, 0.2) is 35.1 Å². The normalized spacial score (nSPS) is 10.1. The number of nitrogens with zero attached hydrogens (tertiary/aromatic N) is 1. The van der Waals surface area contributed by atoms with E-state index in [1.165, 1.54) is 18.5 Å². The monoisotopic (exact) mass is 294 g/mol. The smallest absolute Gasteiger partial charge is 0.342 e. The fraction of sp³-hybridized carbons (Fsp3) is 0.154. The van der Waals surface area contributed by atoms with Gasteiger partial charge < -0.3 is 14.5 Å². The molecule has 2 rings (SSSR count). The minimum absolute atomic E-state index is 0.294. The Morgan fingerprint density at radius 3 is 2.80 bits per heavy atom. The van der Waals surface area contributed by atoms with E-state index in [1.54, 1.807) is 19.1 Å². The van der Waals surface area contributed by atoms with E-state index in [-0.39, 0.29) is 0 Å². The number of furan rings is 1. The second kappa shape index (κ2) is 6.21. The van der Waals surface area contributed by atoms with Crippen molar-refractivity contribution in [2.24, 2.45) is 0 Å². The molecule has 2 aromatic rings. The highest BCUT2D eigenvalue weighted by Crippen LogP contribution is 2.11. The lowest BCUT2D eigenvalue weighted by molar-refractivity contribution is -0.119. The Balaban J connectivity index is 1.85. The van der Waals surface area contributed by atoms with Gasteiger partial charge in [-0.15, -0.1) is 0 Å². The summed E-state index contributed by atoms with van der Waals surface area (Å²) < 4.78 is 9.84. The Morgan fingerprint density at radius 1 is 1.40 bits per heavy atom. The maximum absolute atomic E-state index is 11.6. The highest BCUT2D eigenvalue weighted by atomic mass is 35.5. The van der Waals surface area contributed by atoms with Gasteiger partial charge in [0.15, 0.2) is 6.61 Å². The van der Waals surface area contributed by atoms with Gasteiger partial charge in [0.1, 0.15) is 17.1 Å². The number of carbonyl (C=O) groups excluding carboxylic acids is 2. The van der Waals surface area contributed by atoms with Crippen molar-refractivity contribution in [1.82, 2.24) is 4.98 Å². The number of aryl methyl sites for hydroxylation is 1. The minimum Gasteiger partial charge on any atom is -0.469 e. The lowest BCUT2D eigenvalue weighted by Crippen LogP contribution is -2.21. The van der Waals surface area contributed by atoms with Crippen molar-refractivity contribution in [2.45, 2.75) is 6.92 Å². The van der Waals surface area contributed by atoms with Crippen molar-refractivity contribution in [3.05, 3.63) is 47.0 Å². The Morgan fingerprint density at radius 2 is 2.20 bits per heavy atom. The van der Waals surface area contributed by atoms with Crippen molar-refractivity contribution in [3.63, 3.8) is 0 Å². The third kappa shape index (κ3) is 3.58. The summed E-state index contributed by atoms with van der Waals surface area (Å²) in [4.78, 5) is 27.1. The van der Waals surface area contributed by atoms with Crippen LogP contribution in [0.2, 0.25) is 5.02 Å². The Hall–Kier alpha value is -2.34. The highest BCUT2D eigenvalue weighted by molar-refractivity contribution is 6.30. The molecule has 0 bridgehead atoms. The summed E-state index contributed by atoms with van der Waals surface area (Å²) >= 11 is 5.67. The molecule has 104 valence electrons. The molecule has 0 saturated heterocycles. The number of hydrogen-bond acceptors (Lipinski definition) is 5. The van der Waals surface area contributed by atoms with Gasteiger partial charge in [0.25, 0.3) is 5.91 Å². The van der Waals surface area contributed by atoms with Gasteiger partial charge in [-0.05, 0) is 25.1 Å². The van der Waals surface area contributed by atoms with Gasteiger partial charge >= 0.3 is 5.97 Å². The summed E-state index contributed by atoms with van der Waals surface area (Å²) in [6, 6.07) is 4.61. The second-order valence-electron chi connectivity index (χ2n) is 3.88. The van der Waals surface area contributed by atoms with E-state index in [4.69, 9.17) is 20.8 Å². The Kier molecular flexibility index (Phi) is 4.37. The molecule has 1 N–H and O–H groups in total. The molecule has 0 aliphatic heterocycles. The van der Waals surface area contributed by atoms with Crippen molar-refractivity contribution in [2.75, 3.05) is 11.9 Å². The summed E-state index contributed by atoms with van der Waals surface area (Å²) in [5.41, 5.74) is 0.294. The highest BCUT2D eigenvalue weighted by Gasteiger charge is 2.14. The van der Waals surface area contributed by atoms with Crippen LogP contribution in [0.25, 0.3) is 0 Å². The van der Waals surface area contributed by atoms with Crippen LogP contribution >= 0.6 is 11.6 Å². The molecule has 20 heavy (non-hydrogen) atoms. The number of aromatic nitrogens is 1. The number of amides is 1. The third-order valence-electron chi connectivity index (χ3n) is 2.41. The van der Waals surface area contributed by atoms with Crippen molar-refractivity contribution in [3.8, 4) is 0 Å². The van der Waals surface area contributed by atoms with E-state index >= 15 is 0 Å². The molecule has 0 spiro atoms. The largest absolute Gasteiger partial charge is 0.469 e. The van der Waals surface area contributed by atoms with E-state index in [0.29, 0.717) is 22.2 Å². The zero-order chi connectivity index (χ0) is 14.5. The van der Waals surface area contributed by atoms with Gasteiger partial charge in [0.2, 0.25) is 0 Å². The van der Waals surface area contributed by atoms with Crippen LogP contribution in [-0.2, 0) is 9.53 Å². The summed E-state index contributed by atoms with van der Waals surface area (Å²) in [6.07, 6.45) is 2.78. The molecule has 0 aliphatic rings. The molecule has 2 heterocycles. The molecule has 0 fully saturated rings. The second-order valence-corrected chi connectivity index (χ2v) is 4.31. The first-order chi connectivity index (χ1) is 9.56. The quantitative estimate of drug-likeness (QED) is 0.876. The molecule has 0 radical (unpaired) electrons. The van der Waals surface area contributed by atoms with Gasteiger partial charge in [-0.1, -0.05) is 11.6 Å². The maximum Gasteiger partial charge on any atom is 0.342 e. The molecule has 0 saturated carbocycles. The molecule has 0 aromatic carbocycles. The van der Waals surface area contributed by atoms with Crippen LogP contribution in [0, 0.1) is 6.92 Å². The number of halogens is 1. The third-order valence-corrected chi connectivity index (χ3v) is 2.63. The number of anilines is 1. The summed E-state index contributed by atoms with van der Waals surface area (Å²) in [6.45, 7) is 1.22. The van der Waals surface area contributed by atoms with Crippen LogP contribution < -0.4 is 5.32 Å². The van der Waals surface area contributed by atoms with E-state index in [9.17, 15) is 9.59 Å². The van der Waals surface area contributed by atoms with Crippen molar-refractivity contribution < 1.29 is 18.7 Å². The van der Waals surface area contributed by atoms with Crippen molar-refractivity contribution >= 4 is 29.3 Å². The molecule has 0 atom stereocenters. The molecule has 1 amide bonds. The average molecular weight is 295 g/mol. The van der Waals surface area contributed by atoms with Gasteiger partial charge in [0.05, 0.1) is 11.3 Å². The van der Waals surface area contributed by atoms with Crippen LogP contribution in [-0.4, -0.2) is 23.5 Å². The molecule has 6 nitrogen and oxygen atoms in total. The predicted molar refractivity (Wildman–Crippen MR) is 71.6 cm³/mol. The van der Waals surface area contributed by atoms with Crippen LogP contribution in [0.4, 0.5) is 5.82 Å². The first-order valence-electron chi connectivity index (χ1n) is 5.69. The molecule has 0 aliphatic carbocycles. The standard InChI is InChI=1S/C13H11ClN2O4/c1-8-10(4-5-19-8)13(18)20-7-12(17)16-11-3-2-9(14)6-15-11/h2-6H,7H2,1H3,(H,15,16,17). The lowest BCUT2D eigenvalue weighted by atomic mass is 10.3. The fourth-order valence-corrected chi connectivity index (χ4v) is 1.55. The molecule has 7 heteroatoms. The number of rotatable bonds is 4. The maximum atomic E-state index is 11.6. The summed E-state index contributed by atoms with van der Waals surface area (Å²) in [5.74, 6) is -0.338. The van der Waals surface area contributed by atoms with Gasteiger partial charge in [-0.25, -0.2) is 9.78 Å². The summed E-state index contributed by atoms with van der Waals surface area (Å²) in [7, 11) is 0. The lowest BCUT2D eigenvalue weighted by Gasteiger charge is -2.05. The number of hydrogen-bond donors (Lipinski definition) is 1. The number of pyridine rings is 1. The van der Waals surface area contributed by atoms with Crippen LogP contribution in [0.1, 0.15) is 16.1 Å². The Bertz CT molecular complexity index is 622. The van der Waals surface area contributed by atoms with Crippen molar-refractivity contribution in [1.29, 1.82) is 0 Å².